The number of carbonyl (C=O) groups excluding carboxylic acids is 1. The van der Waals surface area contributed by atoms with Gasteiger partial charge in [-0.2, -0.15) is 4.83 Å². The van der Waals surface area contributed by atoms with Gasteiger partial charge in [0.25, 0.3) is 5.91 Å². The van der Waals surface area contributed by atoms with Crippen LogP contribution in [-0.4, -0.2) is 35.2 Å². The van der Waals surface area contributed by atoms with Gasteiger partial charge >= 0.3 is 0 Å². The lowest BCUT2D eigenvalue weighted by Crippen LogP contribution is -2.41. The molecule has 0 bridgehead atoms. The van der Waals surface area contributed by atoms with Crippen LogP contribution in [0.4, 0.5) is 4.39 Å². The van der Waals surface area contributed by atoms with E-state index in [2.05, 4.69) is 29.0 Å². The van der Waals surface area contributed by atoms with Crippen molar-refractivity contribution in [2.75, 3.05) is 13.1 Å². The van der Waals surface area contributed by atoms with Crippen LogP contribution in [0, 0.1) is 12.7 Å². The summed E-state index contributed by atoms with van der Waals surface area (Å²) in [5.74, 6) is -0.931. The molecule has 0 radical (unpaired) electrons. The van der Waals surface area contributed by atoms with Gasteiger partial charge in [0.05, 0.1) is 5.56 Å². The summed E-state index contributed by atoms with van der Waals surface area (Å²) < 4.78 is 14.5. The molecule has 0 atom stereocenters. The lowest BCUT2D eigenvalue weighted by Gasteiger charge is -2.34. The lowest BCUT2D eigenvalue weighted by atomic mass is 9.99. The van der Waals surface area contributed by atoms with E-state index in [1.165, 1.54) is 11.9 Å². The van der Waals surface area contributed by atoms with Crippen molar-refractivity contribution in [3.63, 3.8) is 0 Å². The van der Waals surface area contributed by atoms with Crippen LogP contribution in [0.5, 0.6) is 0 Å². The van der Waals surface area contributed by atoms with Crippen LogP contribution < -0.4 is 10.3 Å². The molecule has 1 amide bonds. The Morgan fingerprint density at radius 1 is 1.14 bits per heavy atom. The second kappa shape index (κ2) is 9.54. The van der Waals surface area contributed by atoms with Crippen molar-refractivity contribution in [3.8, 4) is 11.1 Å². The fourth-order valence-electron chi connectivity index (χ4n) is 3.47. The normalized spacial score (nSPS) is 15.8. The molecule has 3 rings (SSSR count). The van der Waals surface area contributed by atoms with Gasteiger partial charge in [-0.25, -0.2) is 4.39 Å². The Morgan fingerprint density at radius 3 is 2.46 bits per heavy atom. The maximum absolute atomic E-state index is 14.5. The van der Waals surface area contributed by atoms with Crippen molar-refractivity contribution >= 4 is 17.9 Å². The molecule has 0 saturated carbocycles. The van der Waals surface area contributed by atoms with E-state index in [9.17, 15) is 9.18 Å². The first kappa shape index (κ1) is 20.8. The molecule has 1 saturated heterocycles. The highest BCUT2D eigenvalue weighted by Gasteiger charge is 2.22. The molecule has 0 aromatic heterocycles. The van der Waals surface area contributed by atoms with E-state index in [1.54, 1.807) is 19.1 Å². The topological polar surface area (TPSA) is 44.4 Å². The molecule has 1 heterocycles. The number of carbonyl (C=O) groups is 1. The number of benzene rings is 2. The second-order valence-corrected chi connectivity index (χ2v) is 8.63. The summed E-state index contributed by atoms with van der Waals surface area (Å²) in [7, 11) is 0. The summed E-state index contributed by atoms with van der Waals surface area (Å²) in [4.78, 5) is 17.9. The highest BCUT2D eigenvalue weighted by molar-refractivity contribution is 7.98. The Hall–Kier alpha value is -1.89. The summed E-state index contributed by atoms with van der Waals surface area (Å²) in [6, 6.07) is 13.6. The van der Waals surface area contributed by atoms with E-state index in [-0.39, 0.29) is 5.56 Å². The van der Waals surface area contributed by atoms with Crippen molar-refractivity contribution < 1.29 is 9.18 Å². The van der Waals surface area contributed by atoms with Gasteiger partial charge in [-0.1, -0.05) is 42.3 Å². The number of amides is 1. The van der Waals surface area contributed by atoms with E-state index in [0.717, 1.165) is 37.1 Å². The predicted octanol–water partition coefficient (Wildman–Crippen LogP) is 4.56. The van der Waals surface area contributed by atoms with Crippen molar-refractivity contribution in [1.82, 2.24) is 15.2 Å². The van der Waals surface area contributed by atoms with Gasteiger partial charge in [-0.3, -0.25) is 10.2 Å². The highest BCUT2D eigenvalue weighted by Crippen LogP contribution is 2.25. The number of rotatable bonds is 6. The first-order valence-corrected chi connectivity index (χ1v) is 10.6. The number of nitrogens with one attached hydrogen (secondary N) is 2. The number of hydrogen-bond donors (Lipinski definition) is 2. The van der Waals surface area contributed by atoms with Crippen LogP contribution in [0.1, 0.15) is 42.6 Å². The number of nitrogens with zero attached hydrogens (tertiary/aromatic N) is 1. The van der Waals surface area contributed by atoms with Gasteiger partial charge in [0.1, 0.15) is 5.82 Å². The number of aryl methyl sites for hydroxylation is 1. The maximum Gasteiger partial charge on any atom is 0.269 e. The van der Waals surface area contributed by atoms with Gasteiger partial charge in [0.15, 0.2) is 0 Å². The summed E-state index contributed by atoms with van der Waals surface area (Å²) >= 11 is 1.51. The third-order valence-corrected chi connectivity index (χ3v) is 6.23. The molecule has 0 aliphatic carbocycles. The van der Waals surface area contributed by atoms with E-state index in [0.29, 0.717) is 16.9 Å². The average molecular weight is 402 g/mol. The van der Waals surface area contributed by atoms with Gasteiger partial charge < -0.3 is 4.90 Å². The fraction of sp³-hybridized carbons (Fsp3) is 0.409. The van der Waals surface area contributed by atoms with Crippen molar-refractivity contribution in [2.45, 2.75) is 44.9 Å². The van der Waals surface area contributed by atoms with Crippen molar-refractivity contribution in [3.05, 3.63) is 59.4 Å². The van der Waals surface area contributed by atoms with Crippen LogP contribution >= 0.6 is 11.9 Å². The number of hydrazine groups is 1. The zero-order valence-electron chi connectivity index (χ0n) is 16.7. The standard InChI is InChI=1S/C22H28FN3OS/c1-15(2)26-11-9-19(10-12-26)28-25-24-22(27)20-14-18(13-16(3)21(20)23)17-7-5-4-6-8-17/h4-8,13-15,19,25H,9-12H2,1-3H3,(H,24,27). The first-order chi connectivity index (χ1) is 13.5. The van der Waals surface area contributed by atoms with Gasteiger partial charge in [0.2, 0.25) is 0 Å². The van der Waals surface area contributed by atoms with Crippen molar-refractivity contribution in [2.24, 2.45) is 0 Å². The van der Waals surface area contributed by atoms with Crippen LogP contribution in [0.15, 0.2) is 42.5 Å². The molecule has 6 heteroatoms. The molecule has 0 unspecified atom stereocenters. The molecule has 28 heavy (non-hydrogen) atoms. The minimum absolute atomic E-state index is 0.0570. The molecule has 2 aromatic carbocycles. The smallest absolute Gasteiger partial charge is 0.269 e. The molecule has 4 nitrogen and oxygen atoms in total. The lowest BCUT2D eigenvalue weighted by molar-refractivity contribution is 0.0942. The van der Waals surface area contributed by atoms with Gasteiger partial charge in [0, 0.05) is 11.3 Å². The molecular formula is C22H28FN3OS. The summed E-state index contributed by atoms with van der Waals surface area (Å²) in [5, 5.41) is 0.442. The third kappa shape index (κ3) is 5.13. The Kier molecular flexibility index (Phi) is 7.10. The Labute approximate surface area is 171 Å². The zero-order valence-corrected chi connectivity index (χ0v) is 17.5. The summed E-state index contributed by atoms with van der Waals surface area (Å²) in [6.45, 7) is 8.25. The average Bonchev–Trinajstić information content (AvgIpc) is 2.71. The molecule has 2 N–H and O–H groups in total. The maximum atomic E-state index is 14.5. The van der Waals surface area contributed by atoms with E-state index in [1.807, 2.05) is 30.3 Å². The second-order valence-electron chi connectivity index (χ2n) is 7.52. The van der Waals surface area contributed by atoms with Crippen LogP contribution in [0.2, 0.25) is 0 Å². The molecule has 1 aliphatic rings. The van der Waals surface area contributed by atoms with E-state index >= 15 is 0 Å². The summed E-state index contributed by atoms with van der Waals surface area (Å²) in [5.41, 5.74) is 4.95. The Balaban J connectivity index is 1.59. The quantitative estimate of drug-likeness (QED) is 0.550. The van der Waals surface area contributed by atoms with E-state index < -0.39 is 11.7 Å². The van der Waals surface area contributed by atoms with E-state index in [4.69, 9.17) is 0 Å². The first-order valence-electron chi connectivity index (χ1n) is 9.76. The minimum Gasteiger partial charge on any atom is -0.301 e. The molecule has 0 spiro atoms. The predicted molar refractivity (Wildman–Crippen MR) is 114 cm³/mol. The number of likely N-dealkylation sites (tertiary alicyclic amines) is 1. The molecular weight excluding hydrogens is 373 g/mol. The zero-order chi connectivity index (χ0) is 20.1. The van der Waals surface area contributed by atoms with Gasteiger partial charge in [-0.15, -0.1) is 0 Å². The SMILES string of the molecule is Cc1cc(-c2ccccc2)cc(C(=O)NNSC2CCN(C(C)C)CC2)c1F. The fourth-order valence-corrected chi connectivity index (χ4v) is 4.23. The number of piperidine rings is 1. The highest BCUT2D eigenvalue weighted by atomic mass is 32.2. The summed E-state index contributed by atoms with van der Waals surface area (Å²) in [6.07, 6.45) is 2.14. The van der Waals surface area contributed by atoms with Crippen molar-refractivity contribution in [1.29, 1.82) is 0 Å². The Bertz CT molecular complexity index is 805. The Morgan fingerprint density at radius 2 is 1.82 bits per heavy atom. The number of halogens is 1. The van der Waals surface area contributed by atoms with Crippen LogP contribution in [0.3, 0.4) is 0 Å². The van der Waals surface area contributed by atoms with Crippen LogP contribution in [-0.2, 0) is 0 Å². The number of hydrogen-bond acceptors (Lipinski definition) is 4. The monoisotopic (exact) mass is 401 g/mol. The minimum atomic E-state index is -0.478. The van der Waals surface area contributed by atoms with Gasteiger partial charge in [-0.05, 0) is 75.5 Å². The molecule has 1 aliphatic heterocycles. The largest absolute Gasteiger partial charge is 0.301 e. The third-order valence-electron chi connectivity index (χ3n) is 5.20. The van der Waals surface area contributed by atoms with Crippen LogP contribution in [0.25, 0.3) is 11.1 Å². The molecule has 1 fully saturated rings. The molecule has 2 aromatic rings. The molecule has 150 valence electrons.